The molecule has 9 heteroatoms. The molecule has 2 aliphatic heterocycles. The molecule has 118 valence electrons. The summed E-state index contributed by atoms with van der Waals surface area (Å²) in [6, 6.07) is -0.969. The minimum absolute atomic E-state index is 0.0946. The normalized spacial score (nSPS) is 30.6. The Morgan fingerprint density at radius 1 is 1.38 bits per heavy atom. The van der Waals surface area contributed by atoms with Crippen molar-refractivity contribution < 1.29 is 37.0 Å². The lowest BCUT2D eigenvalue weighted by Crippen LogP contribution is -2.46. The third kappa shape index (κ3) is 2.88. The first-order valence-electron chi connectivity index (χ1n) is 6.15. The minimum atomic E-state index is -4.98. The van der Waals surface area contributed by atoms with Crippen LogP contribution in [-0.2, 0) is 23.8 Å². The Morgan fingerprint density at radius 2 is 2.05 bits per heavy atom. The van der Waals surface area contributed by atoms with Crippen molar-refractivity contribution >= 4 is 11.9 Å². The fourth-order valence-corrected chi connectivity index (χ4v) is 2.61. The van der Waals surface area contributed by atoms with Gasteiger partial charge in [-0.3, -0.25) is 4.79 Å². The van der Waals surface area contributed by atoms with Gasteiger partial charge in [0.2, 0.25) is 0 Å². The summed E-state index contributed by atoms with van der Waals surface area (Å²) in [6.45, 7) is -0.0946. The zero-order valence-corrected chi connectivity index (χ0v) is 11.3. The molecule has 0 saturated carbocycles. The second-order valence-corrected chi connectivity index (χ2v) is 4.64. The maximum absolute atomic E-state index is 12.6. The molecule has 2 fully saturated rings. The van der Waals surface area contributed by atoms with E-state index in [4.69, 9.17) is 9.47 Å². The summed E-state index contributed by atoms with van der Waals surface area (Å²) in [4.78, 5) is 23.5. The molecule has 0 aliphatic carbocycles. The molecule has 2 saturated heterocycles. The Kier molecular flexibility index (Phi) is 4.24. The maximum Gasteiger partial charge on any atom is 0.471 e. The smallest absolute Gasteiger partial charge is 0.466 e. The molecule has 1 amide bonds. The molecule has 6 nitrogen and oxygen atoms in total. The number of esters is 1. The van der Waals surface area contributed by atoms with Crippen LogP contribution in [0.5, 0.6) is 0 Å². The average molecular weight is 309 g/mol. The van der Waals surface area contributed by atoms with Crippen LogP contribution >= 0.6 is 0 Å². The average Bonchev–Trinajstić information content (AvgIpc) is 2.96. The van der Waals surface area contributed by atoms with E-state index in [9.17, 15) is 22.8 Å². The first-order chi connectivity index (χ1) is 9.79. The molecule has 2 heterocycles. The summed E-state index contributed by atoms with van der Waals surface area (Å²) in [7, 11) is 2.44. The highest BCUT2D eigenvalue weighted by molar-refractivity contribution is 5.85. The Hall–Kier alpha value is -1.61. The summed E-state index contributed by atoms with van der Waals surface area (Å²) < 4.78 is 52.7. The van der Waals surface area contributed by atoms with Gasteiger partial charge in [0.25, 0.3) is 0 Å². The van der Waals surface area contributed by atoms with Crippen LogP contribution < -0.4 is 0 Å². The van der Waals surface area contributed by atoms with Crippen LogP contribution in [0.1, 0.15) is 6.42 Å². The predicted molar refractivity (Wildman–Crippen MR) is 61.9 cm³/mol. The number of halogens is 3. The predicted octanol–water partition coefficient (Wildman–Crippen LogP) is 0.620. The number of nitrogens with zero attached hydrogens (tertiary/aromatic N) is 1. The lowest BCUT2D eigenvalue weighted by Gasteiger charge is -2.25. The fraction of sp³-hybridized carbons (Fsp3) is 0.667. The number of fused-ring (bicyclic) bond motifs is 1. The van der Waals surface area contributed by atoms with Crippen LogP contribution in [0.3, 0.4) is 0 Å². The highest BCUT2D eigenvalue weighted by Crippen LogP contribution is 2.39. The number of amides is 1. The lowest BCUT2D eigenvalue weighted by atomic mass is 10.0. The summed E-state index contributed by atoms with van der Waals surface area (Å²) in [6.07, 6.45) is -5.32. The van der Waals surface area contributed by atoms with E-state index in [0.29, 0.717) is 4.90 Å². The number of hydrogen-bond acceptors (Lipinski definition) is 5. The Bertz CT molecular complexity index is 476. The highest BCUT2D eigenvalue weighted by atomic mass is 19.4. The van der Waals surface area contributed by atoms with Gasteiger partial charge >= 0.3 is 18.1 Å². The van der Waals surface area contributed by atoms with E-state index < -0.39 is 36.5 Å². The minimum Gasteiger partial charge on any atom is -0.466 e. The molecule has 21 heavy (non-hydrogen) atoms. The van der Waals surface area contributed by atoms with Crippen molar-refractivity contribution in [3.05, 3.63) is 11.6 Å². The van der Waals surface area contributed by atoms with E-state index >= 15 is 0 Å². The second kappa shape index (κ2) is 5.64. The van der Waals surface area contributed by atoms with Gasteiger partial charge in [-0.1, -0.05) is 0 Å². The van der Waals surface area contributed by atoms with Crippen molar-refractivity contribution in [3.63, 3.8) is 0 Å². The summed E-state index contributed by atoms with van der Waals surface area (Å²) in [5.41, 5.74) is 0.157. The first-order valence-corrected chi connectivity index (χ1v) is 6.15. The van der Waals surface area contributed by atoms with Crippen molar-refractivity contribution in [1.29, 1.82) is 0 Å². The fourth-order valence-electron chi connectivity index (χ4n) is 2.61. The molecular formula is C12H14F3NO5. The van der Waals surface area contributed by atoms with Gasteiger partial charge in [0.15, 0.2) is 6.29 Å². The van der Waals surface area contributed by atoms with Crippen molar-refractivity contribution in [2.24, 2.45) is 0 Å². The number of methoxy groups -OCH3 is 2. The molecule has 0 aromatic carbocycles. The van der Waals surface area contributed by atoms with Crippen LogP contribution in [0.15, 0.2) is 11.6 Å². The second-order valence-electron chi connectivity index (χ2n) is 4.64. The Balaban J connectivity index is 2.32. The zero-order valence-electron chi connectivity index (χ0n) is 11.3. The van der Waals surface area contributed by atoms with Crippen molar-refractivity contribution in [2.45, 2.75) is 31.0 Å². The SMILES string of the molecule is COC(=O)C=C1[C@H](OC)O[C@@H]2CCN(C(=O)C(F)(F)F)[C@H]12. The van der Waals surface area contributed by atoms with Crippen LogP contribution in [0.25, 0.3) is 0 Å². The molecule has 0 spiro atoms. The molecule has 0 bridgehead atoms. The van der Waals surface area contributed by atoms with Gasteiger partial charge in [-0.2, -0.15) is 13.2 Å². The first kappa shape index (κ1) is 15.8. The Labute approximate surface area is 118 Å². The summed E-state index contributed by atoms with van der Waals surface area (Å²) in [5, 5.41) is 0. The standard InChI is InChI=1S/C12H14F3NO5/c1-19-8(17)5-6-9-7(21-10(6)20-2)3-4-16(9)11(18)12(13,14)15/h5,7,9-10H,3-4H2,1-2H3/t7-,9-,10-/m1/s1. The molecule has 2 aliphatic rings. The highest BCUT2D eigenvalue weighted by Gasteiger charge is 2.54. The molecule has 3 atom stereocenters. The number of hydrogen-bond donors (Lipinski definition) is 0. The number of rotatable bonds is 2. The van der Waals surface area contributed by atoms with Gasteiger partial charge in [-0.05, 0) is 6.42 Å². The zero-order chi connectivity index (χ0) is 15.8. The molecule has 0 unspecified atom stereocenters. The van der Waals surface area contributed by atoms with Crippen molar-refractivity contribution in [2.75, 3.05) is 20.8 Å². The van der Waals surface area contributed by atoms with E-state index in [1.165, 1.54) is 7.11 Å². The van der Waals surface area contributed by atoms with Crippen LogP contribution in [-0.4, -0.2) is 62.2 Å². The van der Waals surface area contributed by atoms with Gasteiger partial charge in [-0.15, -0.1) is 0 Å². The Morgan fingerprint density at radius 3 is 2.57 bits per heavy atom. The van der Waals surface area contributed by atoms with E-state index in [-0.39, 0.29) is 18.5 Å². The van der Waals surface area contributed by atoms with Gasteiger partial charge in [-0.25, -0.2) is 4.79 Å². The molecule has 0 aromatic heterocycles. The van der Waals surface area contributed by atoms with Crippen molar-refractivity contribution in [3.8, 4) is 0 Å². The third-order valence-corrected chi connectivity index (χ3v) is 3.46. The number of carbonyl (C=O) groups is 2. The van der Waals surface area contributed by atoms with E-state index in [1.54, 1.807) is 0 Å². The molecule has 0 N–H and O–H groups in total. The molecular weight excluding hydrogens is 295 g/mol. The summed E-state index contributed by atoms with van der Waals surface area (Å²) in [5.74, 6) is -2.70. The molecule has 0 aromatic rings. The molecule has 2 rings (SSSR count). The molecule has 0 radical (unpaired) electrons. The van der Waals surface area contributed by atoms with Crippen LogP contribution in [0.2, 0.25) is 0 Å². The van der Waals surface area contributed by atoms with Gasteiger partial charge in [0.1, 0.15) is 0 Å². The quantitative estimate of drug-likeness (QED) is 0.553. The van der Waals surface area contributed by atoms with Crippen LogP contribution in [0.4, 0.5) is 13.2 Å². The third-order valence-electron chi connectivity index (χ3n) is 3.46. The topological polar surface area (TPSA) is 65.1 Å². The summed E-state index contributed by atoms with van der Waals surface area (Å²) >= 11 is 0. The lowest BCUT2D eigenvalue weighted by molar-refractivity contribution is -0.185. The van der Waals surface area contributed by atoms with Crippen LogP contribution in [0, 0.1) is 0 Å². The maximum atomic E-state index is 12.6. The van der Waals surface area contributed by atoms with Gasteiger partial charge in [0, 0.05) is 25.3 Å². The van der Waals surface area contributed by atoms with E-state index in [2.05, 4.69) is 4.74 Å². The monoisotopic (exact) mass is 309 g/mol. The largest absolute Gasteiger partial charge is 0.471 e. The van der Waals surface area contributed by atoms with Gasteiger partial charge in [0.05, 0.1) is 19.3 Å². The number of ether oxygens (including phenoxy) is 3. The van der Waals surface area contributed by atoms with Crippen molar-refractivity contribution in [1.82, 2.24) is 4.90 Å². The number of carbonyl (C=O) groups excluding carboxylic acids is 2. The number of likely N-dealkylation sites (tertiary alicyclic amines) is 1. The van der Waals surface area contributed by atoms with E-state index in [0.717, 1.165) is 13.2 Å². The van der Waals surface area contributed by atoms with Gasteiger partial charge < -0.3 is 19.1 Å². The van der Waals surface area contributed by atoms with E-state index in [1.807, 2.05) is 0 Å². The number of alkyl halides is 3.